The highest BCUT2D eigenvalue weighted by molar-refractivity contribution is 5.62. The number of ether oxygens (including phenoxy) is 1. The molecule has 0 aliphatic rings. The maximum Gasteiger partial charge on any atom is 0.442 e. The van der Waals surface area contributed by atoms with Gasteiger partial charge in [0, 0.05) is 6.54 Å². The van der Waals surface area contributed by atoms with Crippen molar-refractivity contribution in [2.45, 2.75) is 0 Å². The second kappa shape index (κ2) is 6.28. The van der Waals surface area contributed by atoms with E-state index in [2.05, 4.69) is 5.10 Å². The van der Waals surface area contributed by atoms with Crippen LogP contribution in [0.15, 0.2) is 63.8 Å². The van der Waals surface area contributed by atoms with Crippen LogP contribution in [0, 0.1) is 0 Å². The summed E-state index contributed by atoms with van der Waals surface area (Å²) >= 11 is 0. The highest BCUT2D eigenvalue weighted by Crippen LogP contribution is 2.27. The van der Waals surface area contributed by atoms with Gasteiger partial charge in [0.25, 0.3) is 5.89 Å². The molecule has 3 aromatic rings. The van der Waals surface area contributed by atoms with Crippen LogP contribution < -0.4 is 16.2 Å². The largest absolute Gasteiger partial charge is 0.491 e. The zero-order valence-corrected chi connectivity index (χ0v) is 11.8. The Kier molecular flexibility index (Phi) is 4.02. The van der Waals surface area contributed by atoms with E-state index >= 15 is 0 Å². The molecule has 0 unspecified atom stereocenters. The first-order valence-corrected chi connectivity index (χ1v) is 6.87. The minimum atomic E-state index is -0.546. The van der Waals surface area contributed by atoms with Crippen LogP contribution in [-0.2, 0) is 0 Å². The average Bonchev–Trinajstić information content (AvgIpc) is 2.96. The SMILES string of the molecule is NCCOc1ccccc1-c1nn(-c2ccccc2)c(=O)o1. The van der Waals surface area contributed by atoms with Crippen molar-refractivity contribution >= 4 is 0 Å². The first-order chi connectivity index (χ1) is 10.8. The van der Waals surface area contributed by atoms with Gasteiger partial charge in [-0.05, 0) is 24.3 Å². The van der Waals surface area contributed by atoms with Crippen molar-refractivity contribution in [1.82, 2.24) is 9.78 Å². The second-order valence-electron chi connectivity index (χ2n) is 4.55. The lowest BCUT2D eigenvalue weighted by atomic mass is 10.2. The van der Waals surface area contributed by atoms with Gasteiger partial charge in [-0.2, -0.15) is 4.68 Å². The fourth-order valence-corrected chi connectivity index (χ4v) is 2.06. The first-order valence-electron chi connectivity index (χ1n) is 6.87. The van der Waals surface area contributed by atoms with E-state index in [1.165, 1.54) is 4.68 Å². The molecule has 22 heavy (non-hydrogen) atoms. The predicted molar refractivity (Wildman–Crippen MR) is 82.1 cm³/mol. The van der Waals surface area contributed by atoms with Crippen molar-refractivity contribution in [3.8, 4) is 22.9 Å². The van der Waals surface area contributed by atoms with Gasteiger partial charge in [0.2, 0.25) is 0 Å². The number of benzene rings is 2. The summed E-state index contributed by atoms with van der Waals surface area (Å²) in [6, 6.07) is 16.3. The van der Waals surface area contributed by atoms with E-state index in [0.29, 0.717) is 30.2 Å². The molecule has 1 aromatic heterocycles. The normalized spacial score (nSPS) is 10.6. The number of aromatic nitrogens is 2. The van der Waals surface area contributed by atoms with E-state index in [0.717, 1.165) is 0 Å². The summed E-state index contributed by atoms with van der Waals surface area (Å²) in [5.41, 5.74) is 6.71. The van der Waals surface area contributed by atoms with Crippen molar-refractivity contribution in [2.24, 2.45) is 5.73 Å². The number of nitrogens with zero attached hydrogens (tertiary/aromatic N) is 2. The lowest BCUT2D eigenvalue weighted by Crippen LogP contribution is -2.13. The first kappa shape index (κ1) is 14.1. The summed E-state index contributed by atoms with van der Waals surface area (Å²) in [6.07, 6.45) is 0. The monoisotopic (exact) mass is 297 g/mol. The summed E-state index contributed by atoms with van der Waals surface area (Å²) in [4.78, 5) is 12.0. The maximum absolute atomic E-state index is 12.0. The van der Waals surface area contributed by atoms with Crippen LogP contribution in [-0.4, -0.2) is 22.9 Å². The summed E-state index contributed by atoms with van der Waals surface area (Å²) in [7, 11) is 0. The minimum Gasteiger partial charge on any atom is -0.491 e. The third-order valence-electron chi connectivity index (χ3n) is 3.04. The molecule has 6 nitrogen and oxygen atoms in total. The molecule has 112 valence electrons. The molecular weight excluding hydrogens is 282 g/mol. The molecule has 0 bridgehead atoms. The zero-order valence-electron chi connectivity index (χ0n) is 11.8. The fourth-order valence-electron chi connectivity index (χ4n) is 2.06. The maximum atomic E-state index is 12.0. The molecule has 6 heteroatoms. The van der Waals surface area contributed by atoms with Gasteiger partial charge in [-0.3, -0.25) is 0 Å². The molecule has 1 heterocycles. The van der Waals surface area contributed by atoms with E-state index in [9.17, 15) is 4.79 Å². The van der Waals surface area contributed by atoms with Crippen LogP contribution in [0.3, 0.4) is 0 Å². The molecule has 3 rings (SSSR count). The lowest BCUT2D eigenvalue weighted by molar-refractivity contribution is 0.328. The van der Waals surface area contributed by atoms with Gasteiger partial charge < -0.3 is 14.9 Å². The topological polar surface area (TPSA) is 83.3 Å². The molecule has 0 saturated carbocycles. The van der Waals surface area contributed by atoms with Crippen LogP contribution in [0.4, 0.5) is 0 Å². The standard InChI is InChI=1S/C16H15N3O3/c17-10-11-21-14-9-5-4-8-13(14)15-18-19(16(20)22-15)12-6-2-1-3-7-12/h1-9H,10-11,17H2. The van der Waals surface area contributed by atoms with Crippen molar-refractivity contribution in [2.75, 3.05) is 13.2 Å². The van der Waals surface area contributed by atoms with Crippen LogP contribution in [0.1, 0.15) is 0 Å². The van der Waals surface area contributed by atoms with E-state index < -0.39 is 5.76 Å². The second-order valence-corrected chi connectivity index (χ2v) is 4.55. The van der Waals surface area contributed by atoms with Gasteiger partial charge in [0.1, 0.15) is 12.4 Å². The summed E-state index contributed by atoms with van der Waals surface area (Å²) < 4.78 is 12.0. The van der Waals surface area contributed by atoms with Gasteiger partial charge in [-0.1, -0.05) is 30.3 Å². The third-order valence-corrected chi connectivity index (χ3v) is 3.04. The minimum absolute atomic E-state index is 0.210. The summed E-state index contributed by atoms with van der Waals surface area (Å²) in [6.45, 7) is 0.775. The van der Waals surface area contributed by atoms with Gasteiger partial charge in [-0.25, -0.2) is 4.79 Å². The van der Waals surface area contributed by atoms with Gasteiger partial charge in [-0.15, -0.1) is 5.10 Å². The van der Waals surface area contributed by atoms with Gasteiger partial charge in [0.05, 0.1) is 11.3 Å². The fraction of sp³-hybridized carbons (Fsp3) is 0.125. The van der Waals surface area contributed by atoms with Crippen molar-refractivity contribution in [3.63, 3.8) is 0 Å². The molecule has 0 aliphatic carbocycles. The Labute approximate surface area is 126 Å². The molecule has 2 aromatic carbocycles. The van der Waals surface area contributed by atoms with Crippen molar-refractivity contribution in [3.05, 3.63) is 65.1 Å². The molecule has 0 fully saturated rings. The summed E-state index contributed by atoms with van der Waals surface area (Å²) in [5.74, 6) is 0.241. The Morgan fingerprint density at radius 3 is 2.59 bits per heavy atom. The Balaban J connectivity index is 2.02. The molecule has 0 aliphatic heterocycles. The Morgan fingerprint density at radius 2 is 1.82 bits per heavy atom. The molecule has 0 atom stereocenters. The van der Waals surface area contributed by atoms with Gasteiger partial charge in [0.15, 0.2) is 0 Å². The highest BCUT2D eigenvalue weighted by Gasteiger charge is 2.15. The third kappa shape index (κ3) is 2.77. The van der Waals surface area contributed by atoms with Crippen LogP contribution in [0.2, 0.25) is 0 Å². The number of hydrogen-bond donors (Lipinski definition) is 1. The molecule has 2 N–H and O–H groups in total. The van der Waals surface area contributed by atoms with E-state index in [4.69, 9.17) is 14.9 Å². The van der Waals surface area contributed by atoms with E-state index in [1.807, 2.05) is 30.3 Å². The molecule has 0 saturated heterocycles. The molecular formula is C16H15N3O3. The quantitative estimate of drug-likeness (QED) is 0.776. The summed E-state index contributed by atoms with van der Waals surface area (Å²) in [5, 5.41) is 4.25. The highest BCUT2D eigenvalue weighted by atomic mass is 16.5. The Bertz CT molecular complexity index is 809. The lowest BCUT2D eigenvalue weighted by Gasteiger charge is -2.07. The predicted octanol–water partition coefficient (Wildman–Crippen LogP) is 1.83. The smallest absolute Gasteiger partial charge is 0.442 e. The molecule has 0 spiro atoms. The zero-order chi connectivity index (χ0) is 15.4. The molecule has 0 radical (unpaired) electrons. The van der Waals surface area contributed by atoms with E-state index in [1.54, 1.807) is 24.3 Å². The number of nitrogens with two attached hydrogens (primary N) is 1. The van der Waals surface area contributed by atoms with Crippen LogP contribution in [0.5, 0.6) is 5.75 Å². The Hall–Kier alpha value is -2.86. The van der Waals surface area contributed by atoms with E-state index in [-0.39, 0.29) is 5.89 Å². The average molecular weight is 297 g/mol. The van der Waals surface area contributed by atoms with Crippen LogP contribution >= 0.6 is 0 Å². The number of rotatable bonds is 5. The van der Waals surface area contributed by atoms with Gasteiger partial charge >= 0.3 is 5.76 Å². The van der Waals surface area contributed by atoms with Crippen molar-refractivity contribution < 1.29 is 9.15 Å². The number of para-hydroxylation sites is 2. The van der Waals surface area contributed by atoms with Crippen molar-refractivity contribution in [1.29, 1.82) is 0 Å². The Morgan fingerprint density at radius 1 is 1.09 bits per heavy atom. The molecule has 0 amide bonds. The number of hydrogen-bond acceptors (Lipinski definition) is 5. The van der Waals surface area contributed by atoms with Crippen LogP contribution in [0.25, 0.3) is 17.1 Å².